The predicted octanol–water partition coefficient (Wildman–Crippen LogP) is 2.59. The van der Waals surface area contributed by atoms with Crippen molar-refractivity contribution < 1.29 is 4.74 Å². The third-order valence-corrected chi connectivity index (χ3v) is 3.52. The molecule has 2 aromatic rings. The summed E-state index contributed by atoms with van der Waals surface area (Å²) in [4.78, 5) is 4.62. The van der Waals surface area contributed by atoms with Gasteiger partial charge in [0.2, 0.25) is 0 Å². The van der Waals surface area contributed by atoms with Crippen LogP contribution in [0.2, 0.25) is 5.02 Å². The third-order valence-electron chi connectivity index (χ3n) is 3.23. The van der Waals surface area contributed by atoms with Crippen LogP contribution in [0.4, 0.5) is 0 Å². The number of halogens is 1. The van der Waals surface area contributed by atoms with E-state index >= 15 is 0 Å². The molecule has 2 aromatic heterocycles. The van der Waals surface area contributed by atoms with Gasteiger partial charge >= 0.3 is 0 Å². The summed E-state index contributed by atoms with van der Waals surface area (Å²) in [6.07, 6.45) is 1.67. The molecule has 0 fully saturated rings. The van der Waals surface area contributed by atoms with E-state index in [1.165, 1.54) is 0 Å². The van der Waals surface area contributed by atoms with Gasteiger partial charge in [-0.2, -0.15) is 5.10 Å². The molecule has 114 valence electrons. The number of aromatic nitrogens is 3. The van der Waals surface area contributed by atoms with Crippen LogP contribution < -0.4 is 5.32 Å². The highest BCUT2D eigenvalue weighted by Gasteiger charge is 2.22. The van der Waals surface area contributed by atoms with Gasteiger partial charge in [-0.15, -0.1) is 0 Å². The second-order valence-corrected chi connectivity index (χ2v) is 5.20. The molecule has 0 aliphatic heterocycles. The summed E-state index contributed by atoms with van der Waals surface area (Å²) >= 11 is 6.35. The zero-order valence-electron chi connectivity index (χ0n) is 12.6. The van der Waals surface area contributed by atoms with E-state index in [9.17, 15) is 0 Å². The van der Waals surface area contributed by atoms with Crippen LogP contribution in [0.1, 0.15) is 30.0 Å². The maximum absolute atomic E-state index is 6.35. The quantitative estimate of drug-likeness (QED) is 0.854. The molecule has 2 heterocycles. The van der Waals surface area contributed by atoms with E-state index in [0.29, 0.717) is 18.2 Å². The molecule has 1 unspecified atom stereocenters. The molecule has 2 rings (SSSR count). The Labute approximate surface area is 130 Å². The van der Waals surface area contributed by atoms with Gasteiger partial charge in [0.05, 0.1) is 41.8 Å². The standard InChI is InChI=1S/C15H21ClN4O/c1-4-17-14(13-7-5-6-11(2)19-13)15-12(16)10-18-20(15)8-9-21-3/h5-7,10,14,17H,4,8-9H2,1-3H3. The molecule has 0 aliphatic carbocycles. The smallest absolute Gasteiger partial charge is 0.0937 e. The van der Waals surface area contributed by atoms with Crippen LogP contribution in [0.15, 0.2) is 24.4 Å². The van der Waals surface area contributed by atoms with E-state index in [4.69, 9.17) is 16.3 Å². The molecule has 1 N–H and O–H groups in total. The molecular formula is C15H21ClN4O. The fraction of sp³-hybridized carbons (Fsp3) is 0.467. The monoisotopic (exact) mass is 308 g/mol. The molecule has 0 aliphatic rings. The minimum absolute atomic E-state index is 0.0817. The molecule has 0 bridgehead atoms. The number of aryl methyl sites for hydroxylation is 1. The SMILES string of the molecule is CCNC(c1cccc(C)n1)c1c(Cl)cnn1CCOC. The molecule has 21 heavy (non-hydrogen) atoms. The average molecular weight is 309 g/mol. The molecule has 0 saturated heterocycles. The zero-order chi connectivity index (χ0) is 15.2. The average Bonchev–Trinajstić information content (AvgIpc) is 2.83. The van der Waals surface area contributed by atoms with Crippen molar-refractivity contribution >= 4 is 11.6 Å². The van der Waals surface area contributed by atoms with Gasteiger partial charge in [-0.3, -0.25) is 9.67 Å². The summed E-state index contributed by atoms with van der Waals surface area (Å²) in [5, 5.41) is 8.42. The summed E-state index contributed by atoms with van der Waals surface area (Å²) in [7, 11) is 1.68. The molecule has 0 radical (unpaired) electrons. The first kappa shape index (κ1) is 15.9. The first-order valence-corrected chi connectivity index (χ1v) is 7.42. The lowest BCUT2D eigenvalue weighted by Crippen LogP contribution is -2.26. The second kappa shape index (κ2) is 7.54. The van der Waals surface area contributed by atoms with Gasteiger partial charge in [0.1, 0.15) is 0 Å². The van der Waals surface area contributed by atoms with Gasteiger partial charge in [-0.1, -0.05) is 24.6 Å². The maximum atomic E-state index is 6.35. The first-order valence-electron chi connectivity index (χ1n) is 7.04. The summed E-state index contributed by atoms with van der Waals surface area (Å²) in [6, 6.07) is 5.91. The van der Waals surface area contributed by atoms with Crippen LogP contribution in [-0.2, 0) is 11.3 Å². The van der Waals surface area contributed by atoms with Gasteiger partial charge in [0.15, 0.2) is 0 Å². The van der Waals surface area contributed by atoms with Gasteiger partial charge in [-0.25, -0.2) is 0 Å². The number of pyridine rings is 1. The number of nitrogens with zero attached hydrogens (tertiary/aromatic N) is 3. The van der Waals surface area contributed by atoms with Gasteiger partial charge in [-0.05, 0) is 25.6 Å². The molecule has 6 heteroatoms. The molecular weight excluding hydrogens is 288 g/mol. The number of nitrogens with one attached hydrogen (secondary N) is 1. The Balaban J connectivity index is 2.40. The Morgan fingerprint density at radius 3 is 2.90 bits per heavy atom. The predicted molar refractivity (Wildman–Crippen MR) is 83.6 cm³/mol. The Hall–Kier alpha value is -1.43. The third kappa shape index (κ3) is 3.81. The molecule has 1 atom stereocenters. The van der Waals surface area contributed by atoms with E-state index in [1.807, 2.05) is 29.8 Å². The summed E-state index contributed by atoms with van der Waals surface area (Å²) < 4.78 is 7.01. The fourth-order valence-corrected chi connectivity index (χ4v) is 2.54. The number of hydrogen-bond donors (Lipinski definition) is 1. The van der Waals surface area contributed by atoms with Crippen LogP contribution in [0, 0.1) is 6.92 Å². The highest BCUT2D eigenvalue weighted by atomic mass is 35.5. The van der Waals surface area contributed by atoms with Crippen molar-refractivity contribution in [1.29, 1.82) is 0 Å². The van der Waals surface area contributed by atoms with Crippen LogP contribution >= 0.6 is 11.6 Å². The van der Waals surface area contributed by atoms with E-state index in [2.05, 4.69) is 22.3 Å². The van der Waals surface area contributed by atoms with Gasteiger partial charge in [0.25, 0.3) is 0 Å². The lowest BCUT2D eigenvalue weighted by molar-refractivity contribution is 0.182. The Bertz CT molecular complexity index is 585. The van der Waals surface area contributed by atoms with Crippen molar-refractivity contribution in [3.05, 3.63) is 46.5 Å². The second-order valence-electron chi connectivity index (χ2n) is 4.79. The number of methoxy groups -OCH3 is 1. The number of hydrogen-bond acceptors (Lipinski definition) is 4. The maximum Gasteiger partial charge on any atom is 0.0937 e. The van der Waals surface area contributed by atoms with Crippen LogP contribution in [0.5, 0.6) is 0 Å². The molecule has 0 aromatic carbocycles. The topological polar surface area (TPSA) is 52.0 Å². The fourth-order valence-electron chi connectivity index (χ4n) is 2.29. The first-order chi connectivity index (χ1) is 10.2. The molecule has 5 nitrogen and oxygen atoms in total. The summed E-state index contributed by atoms with van der Waals surface area (Å²) in [5.74, 6) is 0. The van der Waals surface area contributed by atoms with Crippen LogP contribution in [0.25, 0.3) is 0 Å². The van der Waals surface area contributed by atoms with Crippen LogP contribution in [0.3, 0.4) is 0 Å². The Morgan fingerprint density at radius 1 is 1.43 bits per heavy atom. The molecule has 0 saturated carbocycles. The Kier molecular flexibility index (Phi) is 5.73. The van der Waals surface area contributed by atoms with Crippen molar-refractivity contribution in [3.8, 4) is 0 Å². The Morgan fingerprint density at radius 2 is 2.24 bits per heavy atom. The van der Waals surface area contributed by atoms with E-state index in [0.717, 1.165) is 23.6 Å². The van der Waals surface area contributed by atoms with Crippen molar-refractivity contribution in [2.75, 3.05) is 20.3 Å². The normalized spacial score (nSPS) is 12.6. The highest BCUT2D eigenvalue weighted by Crippen LogP contribution is 2.27. The summed E-state index contributed by atoms with van der Waals surface area (Å²) in [6.45, 7) is 6.10. The van der Waals surface area contributed by atoms with Gasteiger partial charge in [0, 0.05) is 12.8 Å². The lowest BCUT2D eigenvalue weighted by Gasteiger charge is -2.20. The highest BCUT2D eigenvalue weighted by molar-refractivity contribution is 6.31. The van der Waals surface area contributed by atoms with E-state index in [1.54, 1.807) is 13.3 Å². The van der Waals surface area contributed by atoms with Crippen molar-refractivity contribution in [1.82, 2.24) is 20.1 Å². The number of ether oxygens (including phenoxy) is 1. The van der Waals surface area contributed by atoms with Crippen molar-refractivity contribution in [2.24, 2.45) is 0 Å². The zero-order valence-corrected chi connectivity index (χ0v) is 13.4. The van der Waals surface area contributed by atoms with Crippen molar-refractivity contribution in [3.63, 3.8) is 0 Å². The minimum Gasteiger partial charge on any atom is -0.383 e. The van der Waals surface area contributed by atoms with E-state index < -0.39 is 0 Å². The largest absolute Gasteiger partial charge is 0.383 e. The number of rotatable bonds is 7. The van der Waals surface area contributed by atoms with Crippen molar-refractivity contribution in [2.45, 2.75) is 26.4 Å². The lowest BCUT2D eigenvalue weighted by atomic mass is 10.1. The van der Waals surface area contributed by atoms with Gasteiger partial charge < -0.3 is 10.1 Å². The van der Waals surface area contributed by atoms with Crippen LogP contribution in [-0.4, -0.2) is 35.0 Å². The minimum atomic E-state index is -0.0817. The molecule has 0 amide bonds. The molecule has 0 spiro atoms. The summed E-state index contributed by atoms with van der Waals surface area (Å²) in [5.41, 5.74) is 2.85. The van der Waals surface area contributed by atoms with E-state index in [-0.39, 0.29) is 6.04 Å².